The van der Waals surface area contributed by atoms with E-state index in [4.69, 9.17) is 4.74 Å². The molecule has 3 N–H and O–H groups in total. The van der Waals surface area contributed by atoms with E-state index < -0.39 is 0 Å². The number of carbonyl (C=O) groups excluding carboxylic acids is 3. The maximum atomic E-state index is 12.2. The smallest absolute Gasteiger partial charge is 0.255 e. The second-order valence-electron chi connectivity index (χ2n) is 6.59. The van der Waals surface area contributed by atoms with E-state index in [-0.39, 0.29) is 23.8 Å². The van der Waals surface area contributed by atoms with Gasteiger partial charge in [0.05, 0.1) is 0 Å². The third-order valence-electron chi connectivity index (χ3n) is 4.44. The van der Waals surface area contributed by atoms with E-state index in [2.05, 4.69) is 31.9 Å². The molecule has 1 saturated heterocycles. The number of rotatable bonds is 7. The predicted octanol–water partition coefficient (Wildman–Crippen LogP) is 2.73. The molecule has 1 unspecified atom stereocenters. The molecule has 2 aromatic rings. The first kappa shape index (κ1) is 21.0. The van der Waals surface area contributed by atoms with E-state index in [1.165, 1.54) is 0 Å². The molecule has 0 aromatic heterocycles. The van der Waals surface area contributed by atoms with Gasteiger partial charge in [0.25, 0.3) is 11.8 Å². The minimum absolute atomic E-state index is 0.136. The van der Waals surface area contributed by atoms with Crippen molar-refractivity contribution >= 4 is 39.3 Å². The van der Waals surface area contributed by atoms with E-state index in [9.17, 15) is 14.4 Å². The fourth-order valence-corrected chi connectivity index (χ4v) is 3.14. The van der Waals surface area contributed by atoms with Crippen molar-refractivity contribution in [1.29, 1.82) is 0 Å². The zero-order chi connectivity index (χ0) is 20.6. The summed E-state index contributed by atoms with van der Waals surface area (Å²) in [6, 6.07) is 13.7. The number of carbonyl (C=O) groups is 3. The average molecular weight is 460 g/mol. The number of hydrogen-bond donors (Lipinski definition) is 3. The van der Waals surface area contributed by atoms with Crippen molar-refractivity contribution in [1.82, 2.24) is 10.6 Å². The van der Waals surface area contributed by atoms with Crippen LogP contribution in [0, 0.1) is 0 Å². The van der Waals surface area contributed by atoms with Crippen LogP contribution < -0.4 is 16.0 Å². The molecule has 1 heterocycles. The highest BCUT2D eigenvalue weighted by Crippen LogP contribution is 2.14. The fraction of sp³-hybridized carbons (Fsp3) is 0.286. The monoisotopic (exact) mass is 459 g/mol. The van der Waals surface area contributed by atoms with E-state index >= 15 is 0 Å². The Hall–Kier alpha value is -2.71. The van der Waals surface area contributed by atoms with Gasteiger partial charge in [-0.15, -0.1) is 0 Å². The van der Waals surface area contributed by atoms with Crippen LogP contribution in [0.25, 0.3) is 0 Å². The van der Waals surface area contributed by atoms with Crippen LogP contribution in [0.1, 0.15) is 33.6 Å². The quantitative estimate of drug-likeness (QED) is 0.554. The van der Waals surface area contributed by atoms with Gasteiger partial charge >= 0.3 is 0 Å². The van der Waals surface area contributed by atoms with Crippen molar-refractivity contribution in [2.45, 2.75) is 18.9 Å². The number of amides is 3. The van der Waals surface area contributed by atoms with Crippen LogP contribution in [-0.4, -0.2) is 43.5 Å². The van der Waals surface area contributed by atoms with Gasteiger partial charge in [0, 0.05) is 41.0 Å². The molecule has 1 atom stereocenters. The van der Waals surface area contributed by atoms with Crippen LogP contribution in [0.3, 0.4) is 0 Å². The molecule has 1 aliphatic heterocycles. The summed E-state index contributed by atoms with van der Waals surface area (Å²) in [5, 5.41) is 8.29. The van der Waals surface area contributed by atoms with E-state index in [1.807, 2.05) is 0 Å². The molecule has 0 spiro atoms. The van der Waals surface area contributed by atoms with Crippen LogP contribution in [0.4, 0.5) is 5.69 Å². The molecule has 0 radical (unpaired) electrons. The van der Waals surface area contributed by atoms with E-state index in [0.29, 0.717) is 36.5 Å². The Bertz CT molecular complexity index is 862. The highest BCUT2D eigenvalue weighted by atomic mass is 79.9. The summed E-state index contributed by atoms with van der Waals surface area (Å²) in [5.74, 6) is -0.610. The molecule has 0 saturated carbocycles. The van der Waals surface area contributed by atoms with Crippen LogP contribution in [0.15, 0.2) is 53.0 Å². The van der Waals surface area contributed by atoms with Gasteiger partial charge in [-0.05, 0) is 61.4 Å². The number of nitrogens with one attached hydrogen (secondary N) is 3. The van der Waals surface area contributed by atoms with Crippen molar-refractivity contribution < 1.29 is 19.1 Å². The summed E-state index contributed by atoms with van der Waals surface area (Å²) < 4.78 is 6.20. The van der Waals surface area contributed by atoms with Gasteiger partial charge in [-0.2, -0.15) is 0 Å². The lowest BCUT2D eigenvalue weighted by Gasteiger charge is -2.11. The molecular weight excluding hydrogens is 438 g/mol. The number of hydrogen-bond acceptors (Lipinski definition) is 4. The minimum atomic E-state index is -0.370. The molecule has 3 rings (SSSR count). The summed E-state index contributed by atoms with van der Waals surface area (Å²) >= 11 is 3.33. The maximum Gasteiger partial charge on any atom is 0.255 e. The lowest BCUT2D eigenvalue weighted by Crippen LogP contribution is -2.39. The molecule has 2 aromatic carbocycles. The third kappa shape index (κ3) is 6.13. The first-order valence-corrected chi connectivity index (χ1v) is 10.2. The van der Waals surface area contributed by atoms with Crippen molar-refractivity contribution in [3.63, 3.8) is 0 Å². The Morgan fingerprint density at radius 3 is 2.17 bits per heavy atom. The minimum Gasteiger partial charge on any atom is -0.368 e. The SMILES string of the molecule is O=C(NCCNC(=O)C1CCCO1)c1ccc(NC(=O)c2ccc(Br)cc2)cc1. The van der Waals surface area contributed by atoms with Crippen LogP contribution >= 0.6 is 15.9 Å². The maximum absolute atomic E-state index is 12.2. The lowest BCUT2D eigenvalue weighted by atomic mass is 10.1. The lowest BCUT2D eigenvalue weighted by molar-refractivity contribution is -0.129. The molecular formula is C21H22BrN3O4. The Labute approximate surface area is 177 Å². The van der Waals surface area contributed by atoms with Crippen molar-refractivity contribution in [2.75, 3.05) is 25.0 Å². The normalized spacial score (nSPS) is 15.6. The average Bonchev–Trinajstić information content (AvgIpc) is 3.27. The Kier molecular flexibility index (Phi) is 7.37. The van der Waals surface area contributed by atoms with E-state index in [0.717, 1.165) is 17.3 Å². The summed E-state index contributed by atoms with van der Waals surface area (Å²) in [4.78, 5) is 36.2. The molecule has 152 valence electrons. The first-order chi connectivity index (χ1) is 14.0. The topological polar surface area (TPSA) is 96.5 Å². The molecule has 0 aliphatic carbocycles. The van der Waals surface area contributed by atoms with Crippen LogP contribution in [-0.2, 0) is 9.53 Å². The number of benzene rings is 2. The third-order valence-corrected chi connectivity index (χ3v) is 4.97. The molecule has 3 amide bonds. The zero-order valence-corrected chi connectivity index (χ0v) is 17.3. The van der Waals surface area contributed by atoms with Gasteiger partial charge in [0.1, 0.15) is 6.10 Å². The van der Waals surface area contributed by atoms with Crippen LogP contribution in [0.2, 0.25) is 0 Å². The molecule has 29 heavy (non-hydrogen) atoms. The largest absolute Gasteiger partial charge is 0.368 e. The van der Waals surface area contributed by atoms with Gasteiger partial charge in [0.15, 0.2) is 0 Å². The van der Waals surface area contributed by atoms with Gasteiger partial charge in [-0.1, -0.05) is 15.9 Å². The second kappa shape index (κ2) is 10.2. The summed E-state index contributed by atoms with van der Waals surface area (Å²) in [6.45, 7) is 1.28. The highest BCUT2D eigenvalue weighted by molar-refractivity contribution is 9.10. The Morgan fingerprint density at radius 2 is 1.52 bits per heavy atom. The number of anilines is 1. The number of ether oxygens (including phenoxy) is 1. The van der Waals surface area contributed by atoms with Crippen molar-refractivity contribution in [3.05, 3.63) is 64.1 Å². The van der Waals surface area contributed by atoms with Gasteiger partial charge in [0.2, 0.25) is 5.91 Å². The molecule has 8 heteroatoms. The Morgan fingerprint density at radius 1 is 0.897 bits per heavy atom. The predicted molar refractivity (Wildman–Crippen MR) is 113 cm³/mol. The van der Waals surface area contributed by atoms with Crippen molar-refractivity contribution in [3.8, 4) is 0 Å². The molecule has 0 bridgehead atoms. The fourth-order valence-electron chi connectivity index (χ4n) is 2.87. The summed E-state index contributed by atoms with van der Waals surface area (Å²) in [5.41, 5.74) is 1.61. The number of halogens is 1. The van der Waals surface area contributed by atoms with E-state index in [1.54, 1.807) is 48.5 Å². The van der Waals surface area contributed by atoms with Crippen LogP contribution in [0.5, 0.6) is 0 Å². The molecule has 1 aliphatic rings. The Balaban J connectivity index is 1.42. The molecule has 7 nitrogen and oxygen atoms in total. The summed E-state index contributed by atoms with van der Waals surface area (Å²) in [6.07, 6.45) is 1.27. The van der Waals surface area contributed by atoms with Gasteiger partial charge in [-0.25, -0.2) is 0 Å². The van der Waals surface area contributed by atoms with Gasteiger partial charge in [-0.3, -0.25) is 14.4 Å². The van der Waals surface area contributed by atoms with Gasteiger partial charge < -0.3 is 20.7 Å². The van der Waals surface area contributed by atoms with Crippen molar-refractivity contribution in [2.24, 2.45) is 0 Å². The highest BCUT2D eigenvalue weighted by Gasteiger charge is 2.22. The first-order valence-electron chi connectivity index (χ1n) is 9.37. The summed E-state index contributed by atoms with van der Waals surface area (Å²) in [7, 11) is 0. The molecule has 1 fully saturated rings. The second-order valence-corrected chi connectivity index (χ2v) is 7.50. The standard InChI is InChI=1S/C21H22BrN3O4/c22-16-7-3-15(4-8-16)20(27)25-17-9-5-14(6-10-17)19(26)23-11-12-24-21(28)18-2-1-13-29-18/h3-10,18H,1-2,11-13H2,(H,23,26)(H,24,28)(H,25,27). The zero-order valence-electron chi connectivity index (χ0n) is 15.7.